The van der Waals surface area contributed by atoms with E-state index in [2.05, 4.69) is 9.97 Å². The molecule has 1 amide bonds. The molecule has 0 aliphatic carbocycles. The van der Waals surface area contributed by atoms with E-state index in [4.69, 9.17) is 23.2 Å². The molecule has 0 atom stereocenters. The summed E-state index contributed by atoms with van der Waals surface area (Å²) in [5.74, 6) is -0.249. The molecule has 0 spiro atoms. The van der Waals surface area contributed by atoms with Gasteiger partial charge in [-0.2, -0.15) is 0 Å². The Morgan fingerprint density at radius 3 is 2.33 bits per heavy atom. The van der Waals surface area contributed by atoms with Gasteiger partial charge in [-0.3, -0.25) is 9.78 Å². The van der Waals surface area contributed by atoms with Gasteiger partial charge in [0.2, 0.25) is 0 Å². The highest BCUT2D eigenvalue weighted by atomic mass is 35.5. The molecule has 0 radical (unpaired) electrons. The van der Waals surface area contributed by atoms with Gasteiger partial charge in [0.1, 0.15) is 5.15 Å². The molecule has 0 saturated heterocycles. The van der Waals surface area contributed by atoms with Crippen molar-refractivity contribution in [1.29, 1.82) is 0 Å². The highest BCUT2D eigenvalue weighted by molar-refractivity contribution is 6.33. The summed E-state index contributed by atoms with van der Waals surface area (Å²) in [5, 5.41) is 0.769. The van der Waals surface area contributed by atoms with Gasteiger partial charge >= 0.3 is 0 Å². The molecule has 1 aromatic carbocycles. The summed E-state index contributed by atoms with van der Waals surface area (Å²) in [6.45, 7) is 0.312. The number of carbonyl (C=O) groups excluding carboxylic acids is 1. The number of hydrogen-bond acceptors (Lipinski definition) is 3. The Kier molecular flexibility index (Phi) is 5.08. The summed E-state index contributed by atoms with van der Waals surface area (Å²) in [4.78, 5) is 22.9. The van der Waals surface area contributed by atoms with Gasteiger partial charge in [0, 0.05) is 23.1 Å². The number of benzene rings is 1. The van der Waals surface area contributed by atoms with Gasteiger partial charge in [0.15, 0.2) is 0 Å². The molecule has 0 aliphatic heterocycles. The van der Waals surface area contributed by atoms with Crippen LogP contribution in [0.25, 0.3) is 0 Å². The molecule has 2 aromatic heterocycles. The predicted molar refractivity (Wildman–Crippen MR) is 95.4 cm³/mol. The lowest BCUT2D eigenvalue weighted by atomic mass is 10.2. The molecule has 2 heterocycles. The minimum Gasteiger partial charge on any atom is -0.302 e. The number of rotatable bonds is 4. The summed E-state index contributed by atoms with van der Waals surface area (Å²) in [6, 6.07) is 15.9. The third-order valence-electron chi connectivity index (χ3n) is 3.42. The number of nitrogens with zero attached hydrogens (tertiary/aromatic N) is 3. The first-order valence-corrected chi connectivity index (χ1v) is 7.98. The average molecular weight is 358 g/mol. The van der Waals surface area contributed by atoms with Crippen LogP contribution in [0.3, 0.4) is 0 Å². The molecular weight excluding hydrogens is 345 g/mol. The van der Waals surface area contributed by atoms with E-state index in [1.807, 2.05) is 18.2 Å². The Labute approximate surface area is 149 Å². The number of anilines is 1. The van der Waals surface area contributed by atoms with E-state index in [0.29, 0.717) is 22.8 Å². The first-order chi connectivity index (χ1) is 11.6. The van der Waals surface area contributed by atoms with Crippen molar-refractivity contribution in [3.05, 3.63) is 88.4 Å². The Morgan fingerprint density at radius 1 is 0.917 bits per heavy atom. The van der Waals surface area contributed by atoms with Gasteiger partial charge in [-0.05, 0) is 48.5 Å². The monoisotopic (exact) mass is 357 g/mol. The minimum absolute atomic E-state index is 0.169. The molecule has 0 aliphatic rings. The minimum atomic E-state index is -0.249. The highest BCUT2D eigenvalue weighted by Gasteiger charge is 2.21. The molecule has 3 rings (SSSR count). The number of halogens is 2. The van der Waals surface area contributed by atoms with Crippen LogP contribution in [0.2, 0.25) is 10.2 Å². The Morgan fingerprint density at radius 2 is 1.67 bits per heavy atom. The van der Waals surface area contributed by atoms with Crippen LogP contribution >= 0.6 is 23.2 Å². The second kappa shape index (κ2) is 7.43. The lowest BCUT2D eigenvalue weighted by Crippen LogP contribution is -2.31. The highest BCUT2D eigenvalue weighted by Crippen LogP contribution is 2.24. The van der Waals surface area contributed by atoms with Crippen LogP contribution in [0, 0.1) is 0 Å². The molecule has 3 aromatic rings. The summed E-state index contributed by atoms with van der Waals surface area (Å²) in [6.07, 6.45) is 3.24. The standard InChI is InChI=1S/C18H13Cl2N3O/c19-13-6-8-15(9-7-13)23(12-14-4-1-2-10-21-14)18(24)16-5-3-11-22-17(16)20/h1-11H,12H2. The number of pyridine rings is 2. The van der Waals surface area contributed by atoms with Gasteiger partial charge in [0.25, 0.3) is 5.91 Å². The van der Waals surface area contributed by atoms with Gasteiger partial charge in [-0.1, -0.05) is 29.3 Å². The van der Waals surface area contributed by atoms with Crippen molar-refractivity contribution in [2.45, 2.75) is 6.54 Å². The van der Waals surface area contributed by atoms with Crippen LogP contribution in [0.15, 0.2) is 67.0 Å². The van der Waals surface area contributed by atoms with Crippen LogP contribution < -0.4 is 4.90 Å². The lowest BCUT2D eigenvalue weighted by molar-refractivity contribution is 0.0984. The number of amides is 1. The van der Waals surface area contributed by atoms with Gasteiger partial charge in [0.05, 0.1) is 17.8 Å². The zero-order valence-electron chi connectivity index (χ0n) is 12.6. The second-order valence-corrected chi connectivity index (χ2v) is 5.83. The van der Waals surface area contributed by atoms with E-state index >= 15 is 0 Å². The van der Waals surface area contributed by atoms with E-state index in [-0.39, 0.29) is 11.1 Å². The lowest BCUT2D eigenvalue weighted by Gasteiger charge is -2.23. The largest absolute Gasteiger partial charge is 0.302 e. The van der Waals surface area contributed by atoms with Crippen LogP contribution in [0.5, 0.6) is 0 Å². The van der Waals surface area contributed by atoms with Gasteiger partial charge in [-0.25, -0.2) is 4.98 Å². The van der Waals surface area contributed by atoms with Crippen LogP contribution in [0.1, 0.15) is 16.1 Å². The number of carbonyl (C=O) groups is 1. The third-order valence-corrected chi connectivity index (χ3v) is 3.97. The topological polar surface area (TPSA) is 46.1 Å². The Balaban J connectivity index is 1.99. The van der Waals surface area contributed by atoms with E-state index in [0.717, 1.165) is 5.69 Å². The first kappa shape index (κ1) is 16.4. The van der Waals surface area contributed by atoms with Crippen molar-refractivity contribution < 1.29 is 4.79 Å². The normalized spacial score (nSPS) is 10.4. The second-order valence-electron chi connectivity index (χ2n) is 5.03. The molecule has 6 heteroatoms. The molecule has 4 nitrogen and oxygen atoms in total. The summed E-state index contributed by atoms with van der Waals surface area (Å²) < 4.78 is 0. The molecule has 0 saturated carbocycles. The fraction of sp³-hybridized carbons (Fsp3) is 0.0556. The van der Waals surface area contributed by atoms with Gasteiger partial charge < -0.3 is 4.90 Å². The molecule has 0 bridgehead atoms. The van der Waals surface area contributed by atoms with Crippen molar-refractivity contribution in [2.75, 3.05) is 4.90 Å². The first-order valence-electron chi connectivity index (χ1n) is 7.23. The van der Waals surface area contributed by atoms with Crippen molar-refractivity contribution in [3.8, 4) is 0 Å². The molecule has 0 fully saturated rings. The van der Waals surface area contributed by atoms with E-state index in [1.54, 1.807) is 53.7 Å². The molecular formula is C18H13Cl2N3O. The summed E-state index contributed by atoms with van der Waals surface area (Å²) in [5.41, 5.74) is 1.81. The Hall–Kier alpha value is -2.43. The molecule has 120 valence electrons. The van der Waals surface area contributed by atoms with Crippen molar-refractivity contribution in [3.63, 3.8) is 0 Å². The van der Waals surface area contributed by atoms with E-state index in [9.17, 15) is 4.79 Å². The number of hydrogen-bond donors (Lipinski definition) is 0. The predicted octanol–water partition coefficient (Wildman–Crippen LogP) is 4.63. The van der Waals surface area contributed by atoms with Gasteiger partial charge in [-0.15, -0.1) is 0 Å². The zero-order valence-corrected chi connectivity index (χ0v) is 14.1. The summed E-state index contributed by atoms with van der Waals surface area (Å²) >= 11 is 12.0. The van der Waals surface area contributed by atoms with Crippen LogP contribution in [-0.4, -0.2) is 15.9 Å². The van der Waals surface area contributed by atoms with Crippen molar-refractivity contribution in [2.24, 2.45) is 0 Å². The van der Waals surface area contributed by atoms with Crippen LogP contribution in [0.4, 0.5) is 5.69 Å². The fourth-order valence-electron chi connectivity index (χ4n) is 2.25. The smallest absolute Gasteiger partial charge is 0.261 e. The third kappa shape index (κ3) is 3.72. The Bertz CT molecular complexity index is 838. The molecule has 24 heavy (non-hydrogen) atoms. The van der Waals surface area contributed by atoms with Crippen molar-refractivity contribution in [1.82, 2.24) is 9.97 Å². The molecule has 0 unspecified atom stereocenters. The van der Waals surface area contributed by atoms with Crippen LogP contribution in [-0.2, 0) is 6.54 Å². The fourth-order valence-corrected chi connectivity index (χ4v) is 2.57. The maximum atomic E-state index is 13.0. The SMILES string of the molecule is O=C(c1cccnc1Cl)N(Cc1ccccn1)c1ccc(Cl)cc1. The van der Waals surface area contributed by atoms with E-state index < -0.39 is 0 Å². The quantitative estimate of drug-likeness (QED) is 0.639. The summed E-state index contributed by atoms with van der Waals surface area (Å²) in [7, 11) is 0. The van der Waals surface area contributed by atoms with E-state index in [1.165, 1.54) is 0 Å². The molecule has 0 N–H and O–H groups in total. The maximum Gasteiger partial charge on any atom is 0.261 e. The van der Waals surface area contributed by atoms with Crippen molar-refractivity contribution >= 4 is 34.8 Å². The number of aromatic nitrogens is 2. The zero-order chi connectivity index (χ0) is 16.9. The maximum absolute atomic E-state index is 13.0. The average Bonchev–Trinajstić information content (AvgIpc) is 2.61.